The molecule has 0 aliphatic heterocycles. The molecule has 2 N–H and O–H groups in total. The van der Waals surface area contributed by atoms with E-state index in [1.807, 2.05) is 31.2 Å². The molecule has 1 heterocycles. The molecule has 0 fully saturated rings. The normalized spacial score (nSPS) is 10.2. The number of nitrogens with two attached hydrogens (primary N) is 1. The summed E-state index contributed by atoms with van der Waals surface area (Å²) in [4.78, 5) is 0. The zero-order valence-corrected chi connectivity index (χ0v) is 10.4. The Morgan fingerprint density at radius 3 is 2.56 bits per heavy atom. The lowest BCUT2D eigenvalue weighted by molar-refractivity contribution is 0.371. The lowest BCUT2D eigenvalue weighted by Crippen LogP contribution is -1.98. The summed E-state index contributed by atoms with van der Waals surface area (Å²) >= 11 is 0. The van der Waals surface area contributed by atoms with Gasteiger partial charge in [-0.15, -0.1) is 5.10 Å². The summed E-state index contributed by atoms with van der Waals surface area (Å²) < 4.78 is 10.9. The second kappa shape index (κ2) is 5.46. The standard InChI is InChI=1S/C13H15N3O2/c1-9-3-6-13(16-15-9)18-11-5-4-10(8-14)7-12(11)17-2/h3-7H,8,14H2,1-2H3. The van der Waals surface area contributed by atoms with E-state index in [0.29, 0.717) is 23.9 Å². The summed E-state index contributed by atoms with van der Waals surface area (Å²) in [6, 6.07) is 9.14. The van der Waals surface area contributed by atoms with Gasteiger partial charge in [0.15, 0.2) is 11.5 Å². The lowest BCUT2D eigenvalue weighted by atomic mass is 10.2. The monoisotopic (exact) mass is 245 g/mol. The number of methoxy groups -OCH3 is 1. The largest absolute Gasteiger partial charge is 0.493 e. The van der Waals surface area contributed by atoms with Gasteiger partial charge >= 0.3 is 0 Å². The Morgan fingerprint density at radius 1 is 1.11 bits per heavy atom. The molecule has 18 heavy (non-hydrogen) atoms. The number of hydrogen-bond acceptors (Lipinski definition) is 5. The summed E-state index contributed by atoms with van der Waals surface area (Å²) in [7, 11) is 1.59. The molecule has 0 saturated heterocycles. The molecule has 1 aromatic carbocycles. The van der Waals surface area contributed by atoms with Crippen LogP contribution in [0.1, 0.15) is 11.3 Å². The van der Waals surface area contributed by atoms with Crippen LogP contribution >= 0.6 is 0 Å². The van der Waals surface area contributed by atoms with Crippen molar-refractivity contribution in [3.8, 4) is 17.4 Å². The van der Waals surface area contributed by atoms with Gasteiger partial charge in [-0.3, -0.25) is 0 Å². The van der Waals surface area contributed by atoms with E-state index < -0.39 is 0 Å². The Bertz CT molecular complexity index is 526. The molecule has 0 bridgehead atoms. The second-order valence-electron chi connectivity index (χ2n) is 3.80. The molecule has 1 aromatic heterocycles. The fourth-order valence-electron chi connectivity index (χ4n) is 1.48. The van der Waals surface area contributed by atoms with Crippen molar-refractivity contribution in [1.29, 1.82) is 0 Å². The highest BCUT2D eigenvalue weighted by molar-refractivity contribution is 5.44. The van der Waals surface area contributed by atoms with Crippen LogP contribution in [0.5, 0.6) is 17.4 Å². The third-order valence-electron chi connectivity index (χ3n) is 2.45. The topological polar surface area (TPSA) is 70.3 Å². The van der Waals surface area contributed by atoms with E-state index >= 15 is 0 Å². The minimum absolute atomic E-state index is 0.430. The van der Waals surface area contributed by atoms with Crippen molar-refractivity contribution in [2.45, 2.75) is 13.5 Å². The zero-order valence-electron chi connectivity index (χ0n) is 10.4. The van der Waals surface area contributed by atoms with Gasteiger partial charge in [-0.05, 0) is 30.7 Å². The molecule has 0 spiro atoms. The van der Waals surface area contributed by atoms with Crippen molar-refractivity contribution in [3.05, 3.63) is 41.6 Å². The molecule has 5 nitrogen and oxygen atoms in total. The number of benzene rings is 1. The fraction of sp³-hybridized carbons (Fsp3) is 0.231. The van der Waals surface area contributed by atoms with Gasteiger partial charge < -0.3 is 15.2 Å². The zero-order chi connectivity index (χ0) is 13.0. The van der Waals surface area contributed by atoms with Gasteiger partial charge in [0, 0.05) is 12.6 Å². The number of ether oxygens (including phenoxy) is 2. The smallest absolute Gasteiger partial charge is 0.239 e. The van der Waals surface area contributed by atoms with Gasteiger partial charge in [-0.25, -0.2) is 0 Å². The Labute approximate surface area is 106 Å². The maximum atomic E-state index is 5.62. The van der Waals surface area contributed by atoms with Crippen molar-refractivity contribution in [2.75, 3.05) is 7.11 Å². The van der Waals surface area contributed by atoms with Gasteiger partial charge in [-0.2, -0.15) is 5.10 Å². The first-order valence-corrected chi connectivity index (χ1v) is 5.58. The van der Waals surface area contributed by atoms with E-state index in [1.165, 1.54) is 0 Å². The summed E-state index contributed by atoms with van der Waals surface area (Å²) in [5.74, 6) is 1.65. The van der Waals surface area contributed by atoms with Crippen LogP contribution in [0.4, 0.5) is 0 Å². The molecular formula is C13H15N3O2. The van der Waals surface area contributed by atoms with Gasteiger partial charge in [0.25, 0.3) is 0 Å². The summed E-state index contributed by atoms with van der Waals surface area (Å²) in [5.41, 5.74) is 7.40. The van der Waals surface area contributed by atoms with Crippen LogP contribution in [0, 0.1) is 6.92 Å². The van der Waals surface area contributed by atoms with Crippen LogP contribution < -0.4 is 15.2 Å². The van der Waals surface area contributed by atoms with E-state index in [-0.39, 0.29) is 0 Å². The lowest BCUT2D eigenvalue weighted by Gasteiger charge is -2.10. The highest BCUT2D eigenvalue weighted by Gasteiger charge is 2.07. The van der Waals surface area contributed by atoms with Gasteiger partial charge in [0.05, 0.1) is 12.8 Å². The highest BCUT2D eigenvalue weighted by Crippen LogP contribution is 2.31. The molecule has 2 rings (SSSR count). The summed E-state index contributed by atoms with van der Waals surface area (Å²) in [6.45, 7) is 2.33. The predicted molar refractivity (Wildman–Crippen MR) is 67.7 cm³/mol. The summed E-state index contributed by atoms with van der Waals surface area (Å²) in [5, 5.41) is 7.87. The molecule has 94 valence electrons. The molecule has 0 saturated carbocycles. The van der Waals surface area contributed by atoms with E-state index in [1.54, 1.807) is 13.2 Å². The van der Waals surface area contributed by atoms with Crippen LogP contribution in [0.15, 0.2) is 30.3 Å². The van der Waals surface area contributed by atoms with Crippen molar-refractivity contribution < 1.29 is 9.47 Å². The minimum Gasteiger partial charge on any atom is -0.493 e. The van der Waals surface area contributed by atoms with Crippen molar-refractivity contribution in [2.24, 2.45) is 5.73 Å². The number of nitrogens with zero attached hydrogens (tertiary/aromatic N) is 2. The first-order valence-electron chi connectivity index (χ1n) is 5.58. The van der Waals surface area contributed by atoms with Crippen LogP contribution in [0.3, 0.4) is 0 Å². The maximum Gasteiger partial charge on any atom is 0.239 e. The molecule has 2 aromatic rings. The van der Waals surface area contributed by atoms with E-state index in [4.69, 9.17) is 15.2 Å². The molecular weight excluding hydrogens is 230 g/mol. The average Bonchev–Trinajstić information content (AvgIpc) is 2.41. The van der Waals surface area contributed by atoms with Crippen molar-refractivity contribution >= 4 is 0 Å². The Morgan fingerprint density at radius 2 is 1.94 bits per heavy atom. The SMILES string of the molecule is COc1cc(CN)ccc1Oc1ccc(C)nn1. The third-order valence-corrected chi connectivity index (χ3v) is 2.45. The number of hydrogen-bond donors (Lipinski definition) is 1. The van der Waals surface area contributed by atoms with Crippen molar-refractivity contribution in [3.63, 3.8) is 0 Å². The van der Waals surface area contributed by atoms with Crippen LogP contribution in [0.2, 0.25) is 0 Å². The van der Waals surface area contributed by atoms with Crippen LogP contribution in [-0.4, -0.2) is 17.3 Å². The molecule has 0 amide bonds. The van der Waals surface area contributed by atoms with Crippen LogP contribution in [-0.2, 0) is 6.54 Å². The van der Waals surface area contributed by atoms with Crippen molar-refractivity contribution in [1.82, 2.24) is 10.2 Å². The van der Waals surface area contributed by atoms with E-state index in [0.717, 1.165) is 11.3 Å². The van der Waals surface area contributed by atoms with E-state index in [9.17, 15) is 0 Å². The average molecular weight is 245 g/mol. The molecule has 0 aliphatic carbocycles. The van der Waals surface area contributed by atoms with Crippen LogP contribution in [0.25, 0.3) is 0 Å². The highest BCUT2D eigenvalue weighted by atomic mass is 16.5. The first-order chi connectivity index (χ1) is 8.72. The number of rotatable bonds is 4. The molecule has 0 atom stereocenters. The quantitative estimate of drug-likeness (QED) is 0.892. The Hall–Kier alpha value is -2.14. The summed E-state index contributed by atoms with van der Waals surface area (Å²) in [6.07, 6.45) is 0. The predicted octanol–water partition coefficient (Wildman–Crippen LogP) is 2.04. The molecule has 0 unspecified atom stereocenters. The van der Waals surface area contributed by atoms with Gasteiger partial charge in [0.1, 0.15) is 0 Å². The first kappa shape index (κ1) is 12.3. The van der Waals surface area contributed by atoms with Gasteiger partial charge in [0.2, 0.25) is 5.88 Å². The Balaban J connectivity index is 2.25. The minimum atomic E-state index is 0.430. The third kappa shape index (κ3) is 2.75. The molecule has 0 radical (unpaired) electrons. The molecule has 0 aliphatic rings. The Kier molecular flexibility index (Phi) is 3.74. The second-order valence-corrected chi connectivity index (χ2v) is 3.80. The van der Waals surface area contributed by atoms with Gasteiger partial charge in [-0.1, -0.05) is 6.07 Å². The fourth-order valence-corrected chi connectivity index (χ4v) is 1.48. The number of aromatic nitrogens is 2. The maximum absolute atomic E-state index is 5.62. The molecule has 5 heteroatoms. The number of aryl methyl sites for hydroxylation is 1. The van der Waals surface area contributed by atoms with E-state index in [2.05, 4.69) is 10.2 Å².